The predicted octanol–water partition coefficient (Wildman–Crippen LogP) is 1.81. The van der Waals surface area contributed by atoms with Gasteiger partial charge in [-0.3, -0.25) is 9.69 Å². The highest BCUT2D eigenvalue weighted by Gasteiger charge is 2.32. The van der Waals surface area contributed by atoms with Crippen LogP contribution in [0, 0.1) is 23.2 Å². The van der Waals surface area contributed by atoms with E-state index in [0.717, 1.165) is 12.8 Å². The zero-order chi connectivity index (χ0) is 21.0. The third kappa shape index (κ3) is 4.97. The van der Waals surface area contributed by atoms with E-state index in [0.29, 0.717) is 44.6 Å². The second kappa shape index (κ2) is 9.24. The maximum Gasteiger partial charge on any atom is 0.244 e. The number of hydrogen-bond donors (Lipinski definition) is 1. The Labute approximate surface area is 173 Å². The van der Waals surface area contributed by atoms with Gasteiger partial charge in [0, 0.05) is 32.2 Å². The number of nitrogens with one attached hydrogen (secondary N) is 1. The normalized spacial score (nSPS) is 26.6. The number of hydrogen-bond acceptors (Lipinski definition) is 5. The summed E-state index contributed by atoms with van der Waals surface area (Å²) in [5.41, 5.74) is 0.158. The minimum Gasteiger partial charge on any atom is -0.352 e. The van der Waals surface area contributed by atoms with Gasteiger partial charge in [-0.25, -0.2) is 8.42 Å². The van der Waals surface area contributed by atoms with Crippen LogP contribution in [0.5, 0.6) is 0 Å². The number of benzene rings is 1. The van der Waals surface area contributed by atoms with Crippen LogP contribution in [0.1, 0.15) is 38.7 Å². The first-order valence-corrected chi connectivity index (χ1v) is 11.8. The SMILES string of the molecule is C[C@@H]1[C@H](C)CCC[C@@H]1NC(=O)CN1CCN(S(=O)(=O)c2ccccc2C#N)CC1. The van der Waals surface area contributed by atoms with Gasteiger partial charge in [-0.05, 0) is 30.4 Å². The molecule has 3 rings (SSSR count). The number of rotatable bonds is 5. The summed E-state index contributed by atoms with van der Waals surface area (Å²) in [6.07, 6.45) is 3.40. The van der Waals surface area contributed by atoms with E-state index in [4.69, 9.17) is 0 Å². The molecule has 1 saturated carbocycles. The summed E-state index contributed by atoms with van der Waals surface area (Å²) in [5, 5.41) is 12.4. The third-order valence-electron chi connectivity index (χ3n) is 6.38. The maximum atomic E-state index is 12.9. The Bertz CT molecular complexity index is 872. The van der Waals surface area contributed by atoms with Crippen molar-refractivity contribution in [2.45, 2.75) is 44.0 Å². The van der Waals surface area contributed by atoms with Crippen LogP contribution >= 0.6 is 0 Å². The van der Waals surface area contributed by atoms with Gasteiger partial charge < -0.3 is 5.32 Å². The summed E-state index contributed by atoms with van der Waals surface area (Å²) >= 11 is 0. The average Bonchev–Trinajstić information content (AvgIpc) is 2.71. The van der Waals surface area contributed by atoms with E-state index in [1.54, 1.807) is 12.1 Å². The van der Waals surface area contributed by atoms with Crippen LogP contribution in [0.2, 0.25) is 0 Å². The van der Waals surface area contributed by atoms with E-state index in [1.165, 1.54) is 22.9 Å². The van der Waals surface area contributed by atoms with Gasteiger partial charge >= 0.3 is 0 Å². The average molecular weight is 419 g/mol. The van der Waals surface area contributed by atoms with E-state index in [1.807, 2.05) is 11.0 Å². The lowest BCUT2D eigenvalue weighted by Gasteiger charge is -2.36. The molecule has 2 aliphatic rings. The largest absolute Gasteiger partial charge is 0.352 e. The second-order valence-electron chi connectivity index (χ2n) is 8.23. The van der Waals surface area contributed by atoms with Gasteiger partial charge in [0.25, 0.3) is 0 Å². The van der Waals surface area contributed by atoms with Crippen molar-refractivity contribution in [3.63, 3.8) is 0 Å². The molecule has 0 spiro atoms. The van der Waals surface area contributed by atoms with Gasteiger partial charge in [-0.2, -0.15) is 9.57 Å². The molecule has 158 valence electrons. The van der Waals surface area contributed by atoms with Crippen molar-refractivity contribution in [3.05, 3.63) is 29.8 Å². The molecule has 8 heteroatoms. The van der Waals surface area contributed by atoms with Crippen molar-refractivity contribution < 1.29 is 13.2 Å². The summed E-state index contributed by atoms with van der Waals surface area (Å²) < 4.78 is 27.2. The Morgan fingerprint density at radius 3 is 2.55 bits per heavy atom. The van der Waals surface area contributed by atoms with Crippen molar-refractivity contribution in [1.82, 2.24) is 14.5 Å². The Hall–Kier alpha value is -1.95. The monoisotopic (exact) mass is 418 g/mol. The second-order valence-corrected chi connectivity index (χ2v) is 10.1. The van der Waals surface area contributed by atoms with Crippen LogP contribution < -0.4 is 5.32 Å². The zero-order valence-corrected chi connectivity index (χ0v) is 18.0. The molecule has 1 aliphatic heterocycles. The smallest absolute Gasteiger partial charge is 0.244 e. The van der Waals surface area contributed by atoms with E-state index < -0.39 is 10.0 Å². The molecular formula is C21H30N4O3S. The summed E-state index contributed by atoms with van der Waals surface area (Å²) in [4.78, 5) is 14.5. The molecule has 1 aromatic rings. The first kappa shape index (κ1) is 21.8. The molecule has 29 heavy (non-hydrogen) atoms. The predicted molar refractivity (Wildman–Crippen MR) is 110 cm³/mol. The lowest BCUT2D eigenvalue weighted by Crippen LogP contribution is -2.53. The van der Waals surface area contributed by atoms with Crippen LogP contribution in [0.15, 0.2) is 29.2 Å². The van der Waals surface area contributed by atoms with Crippen molar-refractivity contribution in [2.24, 2.45) is 11.8 Å². The van der Waals surface area contributed by atoms with Crippen LogP contribution in [-0.4, -0.2) is 62.3 Å². The van der Waals surface area contributed by atoms with Crippen molar-refractivity contribution >= 4 is 15.9 Å². The molecule has 3 atom stereocenters. The van der Waals surface area contributed by atoms with E-state index in [2.05, 4.69) is 19.2 Å². The zero-order valence-electron chi connectivity index (χ0n) is 17.2. The standard InChI is InChI=1S/C21H30N4O3S/c1-16-6-5-8-19(17(16)2)23-21(26)15-24-10-12-25(13-11-24)29(27,28)20-9-4-3-7-18(20)14-22/h3-4,7,9,16-17,19H,5-6,8,10-13,15H2,1-2H3,(H,23,26)/t16-,17-,19+/m1/s1. The van der Waals surface area contributed by atoms with E-state index in [9.17, 15) is 18.5 Å². The minimum absolute atomic E-state index is 0.0158. The highest BCUT2D eigenvalue weighted by atomic mass is 32.2. The fourth-order valence-corrected chi connectivity index (χ4v) is 5.86. The van der Waals surface area contributed by atoms with Crippen molar-refractivity contribution in [1.29, 1.82) is 5.26 Å². The molecule has 1 saturated heterocycles. The Kier molecular flexibility index (Phi) is 6.93. The summed E-state index contributed by atoms with van der Waals surface area (Å²) in [7, 11) is -3.71. The number of amides is 1. The summed E-state index contributed by atoms with van der Waals surface area (Å²) in [6.45, 7) is 6.36. The number of nitrogens with zero attached hydrogens (tertiary/aromatic N) is 3. The first-order valence-electron chi connectivity index (χ1n) is 10.3. The van der Waals surface area contributed by atoms with E-state index in [-0.39, 0.29) is 22.4 Å². The molecule has 1 N–H and O–H groups in total. The van der Waals surface area contributed by atoms with Crippen LogP contribution in [0.3, 0.4) is 0 Å². The molecule has 1 aliphatic carbocycles. The molecule has 0 bridgehead atoms. The number of sulfonamides is 1. The highest BCUT2D eigenvalue weighted by Crippen LogP contribution is 2.29. The number of carbonyl (C=O) groups is 1. The quantitative estimate of drug-likeness (QED) is 0.787. The van der Waals surface area contributed by atoms with Crippen LogP contribution in [0.25, 0.3) is 0 Å². The van der Waals surface area contributed by atoms with E-state index >= 15 is 0 Å². The number of nitriles is 1. The Balaban J connectivity index is 1.54. The molecule has 0 aromatic heterocycles. The third-order valence-corrected chi connectivity index (χ3v) is 8.33. The Morgan fingerprint density at radius 1 is 1.17 bits per heavy atom. The fourth-order valence-electron chi connectivity index (χ4n) is 4.29. The summed E-state index contributed by atoms with van der Waals surface area (Å²) in [6, 6.07) is 8.45. The van der Waals surface area contributed by atoms with Crippen molar-refractivity contribution in [3.8, 4) is 6.07 Å². The van der Waals surface area contributed by atoms with Gasteiger partial charge in [0.2, 0.25) is 15.9 Å². The van der Waals surface area contributed by atoms with Gasteiger partial charge in [0.15, 0.2) is 0 Å². The first-order chi connectivity index (χ1) is 13.8. The summed E-state index contributed by atoms with van der Waals surface area (Å²) in [5.74, 6) is 1.12. The van der Waals surface area contributed by atoms with Crippen LogP contribution in [0.4, 0.5) is 0 Å². The minimum atomic E-state index is -3.71. The van der Waals surface area contributed by atoms with Gasteiger partial charge in [0.1, 0.15) is 6.07 Å². The molecule has 1 amide bonds. The van der Waals surface area contributed by atoms with Gasteiger partial charge in [-0.1, -0.05) is 38.8 Å². The highest BCUT2D eigenvalue weighted by molar-refractivity contribution is 7.89. The van der Waals surface area contributed by atoms with Crippen molar-refractivity contribution in [2.75, 3.05) is 32.7 Å². The van der Waals surface area contributed by atoms with Gasteiger partial charge in [0.05, 0.1) is 17.0 Å². The molecule has 2 fully saturated rings. The Morgan fingerprint density at radius 2 is 1.86 bits per heavy atom. The van der Waals surface area contributed by atoms with Crippen LogP contribution in [-0.2, 0) is 14.8 Å². The molecule has 0 unspecified atom stereocenters. The topological polar surface area (TPSA) is 93.5 Å². The molecule has 0 radical (unpaired) electrons. The number of piperazine rings is 1. The molecule has 7 nitrogen and oxygen atoms in total. The lowest BCUT2D eigenvalue weighted by molar-refractivity contribution is -0.124. The lowest BCUT2D eigenvalue weighted by atomic mass is 9.78. The molecular weight excluding hydrogens is 388 g/mol. The van der Waals surface area contributed by atoms with Gasteiger partial charge in [-0.15, -0.1) is 0 Å². The molecule has 1 heterocycles. The maximum absolute atomic E-state index is 12.9. The molecule has 1 aromatic carbocycles. The number of carbonyl (C=O) groups excluding carboxylic acids is 1. The fraction of sp³-hybridized carbons (Fsp3) is 0.619.